The van der Waals surface area contributed by atoms with Gasteiger partial charge >= 0.3 is 0 Å². The van der Waals surface area contributed by atoms with E-state index in [2.05, 4.69) is 22.0 Å². The van der Waals surface area contributed by atoms with Gasteiger partial charge in [-0.05, 0) is 32.2 Å². The van der Waals surface area contributed by atoms with Gasteiger partial charge in [-0.25, -0.2) is 0 Å². The Labute approximate surface area is 120 Å². The third-order valence-electron chi connectivity index (χ3n) is 3.53. The number of amides is 2. The van der Waals surface area contributed by atoms with Gasteiger partial charge < -0.3 is 16.0 Å². The Morgan fingerprint density at radius 1 is 1.55 bits per heavy atom. The monoisotopic (exact) mass is 280 g/mol. The summed E-state index contributed by atoms with van der Waals surface area (Å²) in [6.45, 7) is 4.74. The highest BCUT2D eigenvalue weighted by Gasteiger charge is 2.29. The van der Waals surface area contributed by atoms with Crippen molar-refractivity contribution in [2.24, 2.45) is 11.8 Å². The molecule has 1 heterocycles. The van der Waals surface area contributed by atoms with Crippen LogP contribution in [0.4, 0.5) is 0 Å². The summed E-state index contributed by atoms with van der Waals surface area (Å²) in [4.78, 5) is 23.6. The number of nitrogens with zero attached hydrogens (tertiary/aromatic N) is 1. The van der Waals surface area contributed by atoms with Crippen LogP contribution in [0.15, 0.2) is 0 Å². The molecule has 2 unspecified atom stereocenters. The van der Waals surface area contributed by atoms with Gasteiger partial charge in [0.1, 0.15) is 6.04 Å². The lowest BCUT2D eigenvalue weighted by Gasteiger charge is -2.21. The number of nitriles is 1. The summed E-state index contributed by atoms with van der Waals surface area (Å²) in [5, 5.41) is 17.6. The number of nitrogens with one attached hydrogen (secondary N) is 3. The number of carbonyl (C=O) groups excluding carboxylic acids is 2. The number of carbonyl (C=O) groups is 2. The summed E-state index contributed by atoms with van der Waals surface area (Å²) in [7, 11) is 1.73. The van der Waals surface area contributed by atoms with E-state index < -0.39 is 6.04 Å². The Balaban J connectivity index is 2.52. The van der Waals surface area contributed by atoms with Gasteiger partial charge in [0.05, 0.1) is 12.1 Å². The average molecular weight is 280 g/mol. The van der Waals surface area contributed by atoms with Crippen molar-refractivity contribution in [3.63, 3.8) is 0 Å². The molecule has 3 N–H and O–H groups in total. The fourth-order valence-corrected chi connectivity index (χ4v) is 2.40. The molecule has 112 valence electrons. The molecule has 0 spiro atoms. The Hall–Kier alpha value is -1.61. The van der Waals surface area contributed by atoms with Gasteiger partial charge in [-0.2, -0.15) is 5.26 Å². The van der Waals surface area contributed by atoms with E-state index in [1.807, 2.05) is 13.8 Å². The first-order valence-corrected chi connectivity index (χ1v) is 7.12. The van der Waals surface area contributed by atoms with Crippen molar-refractivity contribution in [2.75, 3.05) is 13.6 Å². The van der Waals surface area contributed by atoms with Crippen molar-refractivity contribution in [1.29, 1.82) is 5.26 Å². The molecule has 1 aliphatic rings. The van der Waals surface area contributed by atoms with Gasteiger partial charge in [0.2, 0.25) is 11.8 Å². The SMILES string of the molecule is CN[C@@H](CC(C)C)C(=O)NC(C#N)CC1CCNC1=O. The summed E-state index contributed by atoms with van der Waals surface area (Å²) in [5.41, 5.74) is 0. The summed E-state index contributed by atoms with van der Waals surface area (Å²) < 4.78 is 0. The Kier molecular flexibility index (Phi) is 6.46. The zero-order valence-corrected chi connectivity index (χ0v) is 12.4. The molecule has 20 heavy (non-hydrogen) atoms. The molecular formula is C14H24N4O2. The number of likely N-dealkylation sites (N-methyl/N-ethyl adjacent to an activating group) is 1. The lowest BCUT2D eigenvalue weighted by Crippen LogP contribution is -2.47. The van der Waals surface area contributed by atoms with E-state index in [4.69, 9.17) is 5.26 Å². The van der Waals surface area contributed by atoms with Gasteiger partial charge in [-0.1, -0.05) is 13.8 Å². The molecule has 2 amide bonds. The molecule has 6 nitrogen and oxygen atoms in total. The fraction of sp³-hybridized carbons (Fsp3) is 0.786. The Morgan fingerprint density at radius 3 is 2.70 bits per heavy atom. The molecule has 1 fully saturated rings. The van der Waals surface area contributed by atoms with Crippen LogP contribution in [-0.4, -0.2) is 37.5 Å². The van der Waals surface area contributed by atoms with Crippen molar-refractivity contribution in [3.8, 4) is 6.07 Å². The third-order valence-corrected chi connectivity index (χ3v) is 3.53. The van der Waals surface area contributed by atoms with Gasteiger partial charge in [-0.15, -0.1) is 0 Å². The zero-order valence-electron chi connectivity index (χ0n) is 12.4. The molecule has 1 aliphatic heterocycles. The molecule has 1 saturated heterocycles. The Bertz CT molecular complexity index is 389. The van der Waals surface area contributed by atoms with E-state index in [-0.39, 0.29) is 23.8 Å². The second-order valence-electron chi connectivity index (χ2n) is 5.67. The third kappa shape index (κ3) is 4.82. The molecule has 0 aromatic heterocycles. The van der Waals surface area contributed by atoms with Crippen LogP contribution in [0.3, 0.4) is 0 Å². The molecule has 0 aromatic carbocycles. The van der Waals surface area contributed by atoms with Crippen LogP contribution in [0.5, 0.6) is 0 Å². The summed E-state index contributed by atoms with van der Waals surface area (Å²) in [6, 6.07) is 1.16. The topological polar surface area (TPSA) is 94.0 Å². The lowest BCUT2D eigenvalue weighted by atomic mass is 9.98. The molecular weight excluding hydrogens is 256 g/mol. The highest BCUT2D eigenvalue weighted by atomic mass is 16.2. The summed E-state index contributed by atoms with van der Waals surface area (Å²) in [6.07, 6.45) is 1.82. The molecule has 0 aromatic rings. The molecule has 0 bridgehead atoms. The van der Waals surface area contributed by atoms with Crippen LogP contribution in [-0.2, 0) is 9.59 Å². The summed E-state index contributed by atoms with van der Waals surface area (Å²) in [5.74, 6) is 0.0235. The first-order valence-electron chi connectivity index (χ1n) is 7.12. The molecule has 6 heteroatoms. The van der Waals surface area contributed by atoms with E-state index in [1.165, 1.54) is 0 Å². The predicted octanol–water partition coefficient (Wildman–Crippen LogP) is 0.155. The van der Waals surface area contributed by atoms with Crippen LogP contribution in [0.2, 0.25) is 0 Å². The number of rotatable bonds is 7. The maximum absolute atomic E-state index is 12.1. The van der Waals surface area contributed by atoms with Crippen LogP contribution in [0.1, 0.15) is 33.1 Å². The normalized spacial score (nSPS) is 21.1. The lowest BCUT2D eigenvalue weighted by molar-refractivity contribution is -0.125. The van der Waals surface area contributed by atoms with Crippen molar-refractivity contribution in [2.45, 2.75) is 45.2 Å². The van der Waals surface area contributed by atoms with E-state index in [9.17, 15) is 9.59 Å². The van der Waals surface area contributed by atoms with Gasteiger partial charge in [-0.3, -0.25) is 9.59 Å². The predicted molar refractivity (Wildman–Crippen MR) is 75.6 cm³/mol. The Morgan fingerprint density at radius 2 is 2.25 bits per heavy atom. The minimum atomic E-state index is -0.612. The van der Waals surface area contributed by atoms with Crippen molar-refractivity contribution in [1.82, 2.24) is 16.0 Å². The second-order valence-corrected chi connectivity index (χ2v) is 5.67. The van der Waals surface area contributed by atoms with Crippen molar-refractivity contribution >= 4 is 11.8 Å². The molecule has 0 aliphatic carbocycles. The van der Waals surface area contributed by atoms with Gasteiger partial charge in [0.15, 0.2) is 0 Å². The molecule has 3 atom stereocenters. The standard InChI is InChI=1S/C14H24N4O2/c1-9(2)6-12(16-3)14(20)18-11(8-15)7-10-4-5-17-13(10)19/h9-12,16H,4-7H2,1-3H3,(H,17,19)(H,18,20)/t10?,11?,12-/m0/s1. The number of hydrogen-bond donors (Lipinski definition) is 3. The van der Waals surface area contributed by atoms with E-state index in [1.54, 1.807) is 7.05 Å². The second kappa shape index (κ2) is 7.85. The van der Waals surface area contributed by atoms with E-state index in [0.717, 1.165) is 6.42 Å². The number of hydrogen-bond acceptors (Lipinski definition) is 4. The van der Waals surface area contributed by atoms with Crippen molar-refractivity contribution in [3.05, 3.63) is 0 Å². The first-order chi connectivity index (χ1) is 9.47. The smallest absolute Gasteiger partial charge is 0.238 e. The maximum Gasteiger partial charge on any atom is 0.238 e. The molecule has 1 rings (SSSR count). The first kappa shape index (κ1) is 16.4. The van der Waals surface area contributed by atoms with Crippen LogP contribution < -0.4 is 16.0 Å². The average Bonchev–Trinajstić information content (AvgIpc) is 2.80. The minimum Gasteiger partial charge on any atom is -0.356 e. The van der Waals surface area contributed by atoms with Crippen LogP contribution >= 0.6 is 0 Å². The maximum atomic E-state index is 12.1. The largest absolute Gasteiger partial charge is 0.356 e. The minimum absolute atomic E-state index is 0.0214. The van der Waals surface area contributed by atoms with Gasteiger partial charge in [0, 0.05) is 12.5 Å². The zero-order chi connectivity index (χ0) is 15.1. The van der Waals surface area contributed by atoms with E-state index >= 15 is 0 Å². The van der Waals surface area contributed by atoms with Crippen LogP contribution in [0, 0.1) is 23.2 Å². The molecule has 0 radical (unpaired) electrons. The highest BCUT2D eigenvalue weighted by Crippen LogP contribution is 2.16. The molecule has 0 saturated carbocycles. The van der Waals surface area contributed by atoms with Crippen LogP contribution in [0.25, 0.3) is 0 Å². The quantitative estimate of drug-likeness (QED) is 0.619. The highest BCUT2D eigenvalue weighted by molar-refractivity contribution is 5.83. The van der Waals surface area contributed by atoms with E-state index in [0.29, 0.717) is 25.3 Å². The fourth-order valence-electron chi connectivity index (χ4n) is 2.40. The summed E-state index contributed by atoms with van der Waals surface area (Å²) >= 11 is 0. The van der Waals surface area contributed by atoms with Gasteiger partial charge in [0.25, 0.3) is 0 Å². The van der Waals surface area contributed by atoms with Crippen molar-refractivity contribution < 1.29 is 9.59 Å².